The summed E-state index contributed by atoms with van der Waals surface area (Å²) in [5, 5.41) is 2.62. The monoisotopic (exact) mass is 671 g/mol. The van der Waals surface area contributed by atoms with Crippen LogP contribution in [0.15, 0.2) is 131 Å². The minimum atomic E-state index is 0. The van der Waals surface area contributed by atoms with Gasteiger partial charge in [-0.3, -0.25) is 15.0 Å². The van der Waals surface area contributed by atoms with E-state index in [1.54, 1.807) is 30.9 Å². The summed E-state index contributed by atoms with van der Waals surface area (Å²) < 4.78 is 11.5. The summed E-state index contributed by atoms with van der Waals surface area (Å²) in [6.07, 6.45) is 9.65. The first-order valence-electron chi connectivity index (χ1n) is 12.2. The molecule has 0 spiro atoms. The number of halogens is 2. The van der Waals surface area contributed by atoms with Gasteiger partial charge < -0.3 is 13.8 Å². The molecule has 0 aliphatic carbocycles. The second-order valence-electron chi connectivity index (χ2n) is 8.38. The van der Waals surface area contributed by atoms with Gasteiger partial charge in [-0.15, -0.1) is 17.0 Å². The van der Waals surface area contributed by atoms with Crippen LogP contribution in [-0.2, 0) is 19.5 Å². The molecule has 6 aromatic heterocycles. The molecule has 0 radical (unpaired) electrons. The van der Waals surface area contributed by atoms with Crippen LogP contribution in [0.25, 0.3) is 55.4 Å². The molecule has 0 N–H and O–H groups in total. The molecule has 0 amide bonds. The van der Waals surface area contributed by atoms with Crippen molar-refractivity contribution >= 4 is 72.7 Å². The second kappa shape index (κ2) is 14.1. The third-order valence-corrected chi connectivity index (χ3v) is 6.21. The second-order valence-corrected chi connectivity index (χ2v) is 8.78. The van der Waals surface area contributed by atoms with E-state index in [0.717, 1.165) is 49.8 Å². The average Bonchev–Trinajstić information content (AvgIpc) is 3.59. The van der Waals surface area contributed by atoms with Gasteiger partial charge in [0, 0.05) is 54.4 Å². The quantitative estimate of drug-likeness (QED) is 0.128. The molecule has 41 heavy (non-hydrogen) atoms. The zero-order chi connectivity index (χ0) is 26.4. The fourth-order valence-electron chi connectivity index (χ4n) is 4.20. The normalized spacial score (nSPS) is 10.2. The van der Waals surface area contributed by atoms with Gasteiger partial charge in [-0.05, 0) is 60.7 Å². The van der Waals surface area contributed by atoms with Gasteiger partial charge in [-0.25, -0.2) is 0 Å². The molecule has 6 heterocycles. The number of nitrogens with zero attached hydrogens (tertiary/aromatic N) is 4. The number of rotatable bonds is 1. The zero-order valence-corrected chi connectivity index (χ0v) is 27.1. The largest absolute Gasteiger partial charge is 0.454 e. The molecule has 0 aliphatic rings. The number of aromatic nitrogens is 4. The van der Waals surface area contributed by atoms with Crippen molar-refractivity contribution in [1.82, 2.24) is 19.9 Å². The summed E-state index contributed by atoms with van der Waals surface area (Å²) in [7, 11) is 0. The molecule has 8 aromatic rings. The van der Waals surface area contributed by atoms with E-state index in [1.165, 1.54) is 0 Å². The summed E-state index contributed by atoms with van der Waals surface area (Å²) in [5.41, 5.74) is 6.80. The Bertz CT molecular complexity index is 1970. The summed E-state index contributed by atoms with van der Waals surface area (Å²) in [6, 6.07) is 30.6. The molecule has 0 saturated carbocycles. The number of furan rings is 2. The van der Waals surface area contributed by atoms with Gasteiger partial charge >= 0.3 is 0 Å². The van der Waals surface area contributed by atoms with Crippen LogP contribution in [0.4, 0.5) is 0 Å². The van der Waals surface area contributed by atoms with Crippen LogP contribution >= 0.6 is 28.6 Å². The van der Waals surface area contributed by atoms with Gasteiger partial charge in [0.15, 0.2) is 16.7 Å². The third kappa shape index (κ3) is 6.52. The molecular weight excluding hydrogens is 653 g/mol. The smallest absolute Gasteiger partial charge is 0.155 e. The van der Waals surface area contributed by atoms with E-state index in [0.29, 0.717) is 10.6 Å². The maximum absolute atomic E-state index is 6.01. The van der Waals surface area contributed by atoms with Crippen molar-refractivity contribution in [2.24, 2.45) is 0 Å². The van der Waals surface area contributed by atoms with Gasteiger partial charge in [-0.1, -0.05) is 42.2 Å². The minimum absolute atomic E-state index is 0. The van der Waals surface area contributed by atoms with Crippen molar-refractivity contribution in [3.8, 4) is 11.3 Å². The third-order valence-electron chi connectivity index (χ3n) is 5.92. The fraction of sp³-hybridized carbons (Fsp3) is 0. The molecule has 8 rings (SSSR count). The van der Waals surface area contributed by atoms with Crippen molar-refractivity contribution in [2.45, 2.75) is 0 Å². The molecule has 6 nitrogen and oxygen atoms in total. The van der Waals surface area contributed by atoms with E-state index in [2.05, 4.69) is 26.1 Å². The Hall–Kier alpha value is -3.97. The number of para-hydroxylation sites is 2. The first-order chi connectivity index (χ1) is 19.3. The first kappa shape index (κ1) is 30.0. The zero-order valence-electron chi connectivity index (χ0n) is 21.6. The molecule has 0 aliphatic heterocycles. The molecule has 0 atom stereocenters. The number of pyridine rings is 4. The Morgan fingerprint density at radius 2 is 1.22 bits per heavy atom. The number of hydrogen-bond acceptors (Lipinski definition) is 6. The van der Waals surface area contributed by atoms with E-state index in [-0.39, 0.29) is 36.5 Å². The van der Waals surface area contributed by atoms with E-state index < -0.39 is 0 Å². The molecule has 0 bridgehead atoms. The Balaban J connectivity index is 0.000000155. The van der Waals surface area contributed by atoms with Crippen molar-refractivity contribution in [3.05, 3.63) is 133 Å². The summed E-state index contributed by atoms with van der Waals surface area (Å²) in [4.78, 5) is 16.7. The van der Waals surface area contributed by atoms with Crippen LogP contribution in [0.3, 0.4) is 0 Å². The Labute approximate surface area is 264 Å². The van der Waals surface area contributed by atoms with Gasteiger partial charge in [0.1, 0.15) is 16.6 Å². The van der Waals surface area contributed by atoms with E-state index in [4.69, 9.17) is 20.4 Å². The van der Waals surface area contributed by atoms with Crippen LogP contribution in [0.1, 0.15) is 0 Å². The fourth-order valence-corrected chi connectivity index (χ4v) is 4.42. The van der Waals surface area contributed by atoms with E-state index >= 15 is 0 Å². The molecule has 198 valence electrons. The standard InChI is InChI=1S/C16H10N2O.C11H6ClNO.C5H4N.BrH.Zn/c1-2-9-17-13(7-1)11-5-3-6-12-15-14(19-16(11)12)8-4-10-18-15;12-8-4-1-3-7-10-9(14-11(7)8)5-2-6-13-10;1-2-4-6-5-3-1;;/h1-10H;1-6H;1-4H;1H;/q;;-1;;. The SMILES string of the molecule is Br.Clc1cccc2c1oc1cccnc12.[Zn].[c-]1ccccn1.c1ccc(-c2cccc3c2oc2cccnc23)nc1. The van der Waals surface area contributed by atoms with Gasteiger partial charge in [-0.2, -0.15) is 18.2 Å². The molecule has 2 aromatic carbocycles. The molecule has 0 unspecified atom stereocenters. The van der Waals surface area contributed by atoms with Crippen LogP contribution < -0.4 is 0 Å². The predicted octanol–water partition coefficient (Wildman–Crippen LogP) is 9.13. The topological polar surface area (TPSA) is 77.8 Å². The molecule has 0 fully saturated rings. The Morgan fingerprint density at radius 3 is 1.80 bits per heavy atom. The van der Waals surface area contributed by atoms with Crippen molar-refractivity contribution in [2.75, 3.05) is 0 Å². The summed E-state index contributed by atoms with van der Waals surface area (Å²) in [5.74, 6) is 0. The maximum Gasteiger partial charge on any atom is 0.155 e. The number of hydrogen-bond donors (Lipinski definition) is 0. The van der Waals surface area contributed by atoms with Crippen molar-refractivity contribution < 1.29 is 28.3 Å². The Morgan fingerprint density at radius 1 is 0.585 bits per heavy atom. The van der Waals surface area contributed by atoms with Crippen LogP contribution in [0.5, 0.6) is 0 Å². The summed E-state index contributed by atoms with van der Waals surface area (Å²) in [6.45, 7) is 0. The minimum Gasteiger partial charge on any atom is -0.454 e. The molecular formula is C32H21BrClN4O2Zn-. The first-order valence-corrected chi connectivity index (χ1v) is 12.5. The van der Waals surface area contributed by atoms with Crippen LogP contribution in [0, 0.1) is 6.20 Å². The number of fused-ring (bicyclic) bond motifs is 6. The van der Waals surface area contributed by atoms with Crippen molar-refractivity contribution in [3.63, 3.8) is 0 Å². The maximum atomic E-state index is 6.01. The summed E-state index contributed by atoms with van der Waals surface area (Å²) >= 11 is 6.01. The number of benzene rings is 2. The molecule has 0 saturated heterocycles. The van der Waals surface area contributed by atoms with E-state index in [9.17, 15) is 0 Å². The van der Waals surface area contributed by atoms with Crippen LogP contribution in [-0.4, -0.2) is 19.9 Å². The average molecular weight is 674 g/mol. The van der Waals surface area contributed by atoms with Gasteiger partial charge in [0.25, 0.3) is 0 Å². The molecule has 9 heteroatoms. The van der Waals surface area contributed by atoms with Gasteiger partial charge in [0.2, 0.25) is 0 Å². The van der Waals surface area contributed by atoms with Gasteiger partial charge in [0.05, 0.1) is 10.7 Å². The Kier molecular flexibility index (Phi) is 10.3. The van der Waals surface area contributed by atoms with Crippen molar-refractivity contribution in [1.29, 1.82) is 0 Å². The van der Waals surface area contributed by atoms with Crippen LogP contribution in [0.2, 0.25) is 5.02 Å². The van der Waals surface area contributed by atoms with E-state index in [1.807, 2.05) is 91.0 Å². The predicted molar refractivity (Wildman–Crippen MR) is 165 cm³/mol.